The van der Waals surface area contributed by atoms with Crippen molar-refractivity contribution in [2.45, 2.75) is 33.2 Å². The van der Waals surface area contributed by atoms with Crippen LogP contribution in [-0.4, -0.2) is 27.3 Å². The molecule has 0 bridgehead atoms. The molecule has 0 amide bonds. The standard InChI is InChI=1S/C14H21N5O/c1-9(2)7-10(3)19-14(16-17-18-19)12-6-5-11(15)8-13(12)20-4/h5-6,8-10H,7,15H2,1-4H3. The maximum atomic E-state index is 5.78. The molecule has 2 aromatic rings. The Kier molecular flexibility index (Phi) is 4.22. The molecule has 0 saturated carbocycles. The van der Waals surface area contributed by atoms with Crippen LogP contribution < -0.4 is 10.5 Å². The summed E-state index contributed by atoms with van der Waals surface area (Å²) in [4.78, 5) is 0. The molecule has 0 fully saturated rings. The Balaban J connectivity index is 2.42. The highest BCUT2D eigenvalue weighted by atomic mass is 16.5. The van der Waals surface area contributed by atoms with Gasteiger partial charge in [0.2, 0.25) is 0 Å². The van der Waals surface area contributed by atoms with Gasteiger partial charge in [0.05, 0.1) is 18.7 Å². The fourth-order valence-corrected chi connectivity index (χ4v) is 2.34. The maximum absolute atomic E-state index is 5.78. The third-order valence-corrected chi connectivity index (χ3v) is 3.19. The second-order valence-electron chi connectivity index (χ2n) is 5.39. The van der Waals surface area contributed by atoms with Crippen molar-refractivity contribution >= 4 is 5.69 Å². The zero-order valence-corrected chi connectivity index (χ0v) is 12.4. The molecule has 0 saturated heterocycles. The second-order valence-corrected chi connectivity index (χ2v) is 5.39. The van der Waals surface area contributed by atoms with Crippen molar-refractivity contribution in [2.75, 3.05) is 12.8 Å². The van der Waals surface area contributed by atoms with E-state index in [2.05, 4.69) is 36.3 Å². The molecule has 1 heterocycles. The van der Waals surface area contributed by atoms with Gasteiger partial charge in [-0.25, -0.2) is 4.68 Å². The Morgan fingerprint density at radius 3 is 2.70 bits per heavy atom. The number of hydrogen-bond donors (Lipinski definition) is 1. The summed E-state index contributed by atoms with van der Waals surface area (Å²) < 4.78 is 7.22. The smallest absolute Gasteiger partial charge is 0.186 e. The first-order valence-electron chi connectivity index (χ1n) is 6.74. The van der Waals surface area contributed by atoms with E-state index in [0.29, 0.717) is 23.2 Å². The number of hydrogen-bond acceptors (Lipinski definition) is 5. The van der Waals surface area contributed by atoms with Gasteiger partial charge in [-0.3, -0.25) is 0 Å². The number of nitrogen functional groups attached to an aromatic ring is 1. The van der Waals surface area contributed by atoms with Gasteiger partial charge in [-0.2, -0.15) is 0 Å². The van der Waals surface area contributed by atoms with Crippen molar-refractivity contribution < 1.29 is 4.74 Å². The largest absolute Gasteiger partial charge is 0.496 e. The molecule has 0 aliphatic carbocycles. The zero-order valence-electron chi connectivity index (χ0n) is 12.4. The van der Waals surface area contributed by atoms with Gasteiger partial charge in [-0.1, -0.05) is 13.8 Å². The molecule has 0 spiro atoms. The van der Waals surface area contributed by atoms with Crippen molar-refractivity contribution in [1.82, 2.24) is 20.2 Å². The van der Waals surface area contributed by atoms with E-state index in [0.717, 1.165) is 12.0 Å². The van der Waals surface area contributed by atoms with Gasteiger partial charge < -0.3 is 10.5 Å². The van der Waals surface area contributed by atoms with Gasteiger partial charge in [-0.05, 0) is 41.8 Å². The van der Waals surface area contributed by atoms with Gasteiger partial charge in [0.1, 0.15) is 5.75 Å². The first-order chi connectivity index (χ1) is 9.52. The van der Waals surface area contributed by atoms with E-state index in [-0.39, 0.29) is 6.04 Å². The summed E-state index contributed by atoms with van der Waals surface area (Å²) in [7, 11) is 1.62. The van der Waals surface area contributed by atoms with Gasteiger partial charge >= 0.3 is 0 Å². The lowest BCUT2D eigenvalue weighted by molar-refractivity contribution is 0.391. The van der Waals surface area contributed by atoms with Crippen molar-refractivity contribution in [3.63, 3.8) is 0 Å². The first-order valence-corrected chi connectivity index (χ1v) is 6.74. The molecule has 1 unspecified atom stereocenters. The minimum atomic E-state index is 0.224. The highest BCUT2D eigenvalue weighted by Crippen LogP contribution is 2.31. The van der Waals surface area contributed by atoms with Gasteiger partial charge in [0.15, 0.2) is 5.82 Å². The van der Waals surface area contributed by atoms with E-state index in [1.807, 2.05) is 16.8 Å². The van der Waals surface area contributed by atoms with Crippen LogP contribution in [-0.2, 0) is 0 Å². The Hall–Kier alpha value is -2.11. The molecule has 20 heavy (non-hydrogen) atoms. The molecule has 1 aromatic heterocycles. The third-order valence-electron chi connectivity index (χ3n) is 3.19. The molecule has 108 valence electrons. The highest BCUT2D eigenvalue weighted by molar-refractivity contribution is 5.67. The number of aromatic nitrogens is 4. The molecular weight excluding hydrogens is 254 g/mol. The van der Waals surface area contributed by atoms with Crippen molar-refractivity contribution in [3.8, 4) is 17.1 Å². The monoisotopic (exact) mass is 275 g/mol. The van der Waals surface area contributed by atoms with Crippen molar-refractivity contribution in [3.05, 3.63) is 18.2 Å². The number of rotatable bonds is 5. The summed E-state index contributed by atoms with van der Waals surface area (Å²) in [5, 5.41) is 12.0. The normalized spacial score (nSPS) is 12.7. The van der Waals surface area contributed by atoms with Crippen LogP contribution in [0.1, 0.15) is 33.2 Å². The fraction of sp³-hybridized carbons (Fsp3) is 0.500. The van der Waals surface area contributed by atoms with E-state index < -0.39 is 0 Å². The summed E-state index contributed by atoms with van der Waals surface area (Å²) in [6.07, 6.45) is 1.01. The van der Waals surface area contributed by atoms with Gasteiger partial charge in [0, 0.05) is 11.8 Å². The van der Waals surface area contributed by atoms with E-state index in [1.165, 1.54) is 0 Å². The minimum Gasteiger partial charge on any atom is -0.496 e. The quantitative estimate of drug-likeness (QED) is 0.848. The predicted molar refractivity (Wildman–Crippen MR) is 78.4 cm³/mol. The minimum absolute atomic E-state index is 0.224. The van der Waals surface area contributed by atoms with E-state index >= 15 is 0 Å². The molecule has 1 atom stereocenters. The number of benzene rings is 1. The molecule has 0 radical (unpaired) electrons. The first kappa shape index (κ1) is 14.3. The Labute approximate surface area is 118 Å². The molecule has 6 nitrogen and oxygen atoms in total. The number of nitrogens with two attached hydrogens (primary N) is 1. The summed E-state index contributed by atoms with van der Waals surface area (Å²) in [6, 6.07) is 5.71. The maximum Gasteiger partial charge on any atom is 0.186 e. The molecule has 0 aliphatic heterocycles. The number of ether oxygens (including phenoxy) is 1. The summed E-state index contributed by atoms with van der Waals surface area (Å²) in [5.74, 6) is 1.96. The van der Waals surface area contributed by atoms with E-state index in [9.17, 15) is 0 Å². The van der Waals surface area contributed by atoms with Crippen LogP contribution in [0.3, 0.4) is 0 Å². The van der Waals surface area contributed by atoms with Gasteiger partial charge in [-0.15, -0.1) is 5.10 Å². The van der Waals surface area contributed by atoms with Crippen LogP contribution >= 0.6 is 0 Å². The van der Waals surface area contributed by atoms with E-state index in [1.54, 1.807) is 13.2 Å². The van der Waals surface area contributed by atoms with Crippen molar-refractivity contribution in [1.29, 1.82) is 0 Å². The zero-order chi connectivity index (χ0) is 14.7. The SMILES string of the molecule is COc1cc(N)ccc1-c1nnnn1C(C)CC(C)C. The lowest BCUT2D eigenvalue weighted by Crippen LogP contribution is -2.11. The molecular formula is C14H21N5O. The summed E-state index contributed by atoms with van der Waals surface area (Å²) in [5.41, 5.74) is 7.28. The summed E-state index contributed by atoms with van der Waals surface area (Å²) >= 11 is 0. The van der Waals surface area contributed by atoms with Crippen LogP contribution in [0.5, 0.6) is 5.75 Å². The average molecular weight is 275 g/mol. The summed E-state index contributed by atoms with van der Waals surface area (Å²) in [6.45, 7) is 6.48. The lowest BCUT2D eigenvalue weighted by Gasteiger charge is -2.16. The Bertz CT molecular complexity index is 579. The molecule has 2 N–H and O–H groups in total. The fourth-order valence-electron chi connectivity index (χ4n) is 2.34. The number of nitrogens with zero attached hydrogens (tertiary/aromatic N) is 4. The van der Waals surface area contributed by atoms with Crippen LogP contribution in [0.2, 0.25) is 0 Å². The Morgan fingerprint density at radius 2 is 2.05 bits per heavy atom. The second kappa shape index (κ2) is 5.90. The molecule has 6 heteroatoms. The number of methoxy groups -OCH3 is 1. The highest BCUT2D eigenvalue weighted by Gasteiger charge is 2.18. The topological polar surface area (TPSA) is 78.8 Å². The lowest BCUT2D eigenvalue weighted by atomic mass is 10.0. The molecule has 0 aliphatic rings. The van der Waals surface area contributed by atoms with E-state index in [4.69, 9.17) is 10.5 Å². The third kappa shape index (κ3) is 2.89. The average Bonchev–Trinajstić information content (AvgIpc) is 2.86. The number of anilines is 1. The van der Waals surface area contributed by atoms with Crippen LogP contribution in [0.25, 0.3) is 11.4 Å². The molecule has 2 rings (SSSR count). The predicted octanol–water partition coefficient (Wildman–Crippen LogP) is 2.54. The van der Waals surface area contributed by atoms with Crippen LogP contribution in [0.4, 0.5) is 5.69 Å². The Morgan fingerprint density at radius 1 is 1.30 bits per heavy atom. The number of tetrazole rings is 1. The van der Waals surface area contributed by atoms with Crippen LogP contribution in [0.15, 0.2) is 18.2 Å². The molecule has 1 aromatic carbocycles. The van der Waals surface area contributed by atoms with Crippen molar-refractivity contribution in [2.24, 2.45) is 5.92 Å². The van der Waals surface area contributed by atoms with Gasteiger partial charge in [0.25, 0.3) is 0 Å². The van der Waals surface area contributed by atoms with Crippen LogP contribution in [0, 0.1) is 5.92 Å².